The van der Waals surface area contributed by atoms with Gasteiger partial charge in [-0.1, -0.05) is 18.3 Å². The van der Waals surface area contributed by atoms with Crippen LogP contribution in [0.5, 0.6) is 0 Å². The summed E-state index contributed by atoms with van der Waals surface area (Å²) in [6.45, 7) is 3.91. The fourth-order valence-corrected chi connectivity index (χ4v) is 2.90. The van der Waals surface area contributed by atoms with Gasteiger partial charge in [-0.15, -0.1) is 0 Å². The minimum absolute atomic E-state index is 0.0321. The van der Waals surface area contributed by atoms with Gasteiger partial charge < -0.3 is 15.4 Å². The number of amides is 1. The molecule has 2 atom stereocenters. The molecule has 1 saturated heterocycles. The second-order valence-electron chi connectivity index (χ2n) is 3.77. The highest BCUT2D eigenvalue weighted by Crippen LogP contribution is 2.24. The van der Waals surface area contributed by atoms with Crippen LogP contribution in [0.15, 0.2) is 9.98 Å². The number of rotatable bonds is 4. The molecule has 7 heteroatoms. The lowest BCUT2D eigenvalue weighted by Crippen LogP contribution is -2.41. The maximum absolute atomic E-state index is 12.0. The van der Waals surface area contributed by atoms with Crippen molar-refractivity contribution in [3.05, 3.63) is 9.98 Å². The highest BCUT2D eigenvalue weighted by Gasteiger charge is 2.33. The average molecular weight is 320 g/mol. The Morgan fingerprint density at radius 2 is 2.53 bits per heavy atom. The number of carbonyl (C=O) groups is 1. The lowest BCUT2D eigenvalue weighted by Gasteiger charge is -2.16. The summed E-state index contributed by atoms with van der Waals surface area (Å²) in [5.74, 6) is -0.173. The number of halogens is 1. The highest BCUT2D eigenvalue weighted by atomic mass is 79.9. The molecule has 0 aromatic carbocycles. The second-order valence-corrected chi connectivity index (χ2v) is 6.18. The standard InChI is InChI=1S/C10H14BrN3O2S/c1-2-12-7-5-16-4-6(7)9(15)14-10-13-3-8(11)17-10/h3,6-7,12H,2,4-5H2,1H3,(H,13,14,15). The van der Waals surface area contributed by atoms with Crippen LogP contribution in [0, 0.1) is 5.92 Å². The van der Waals surface area contributed by atoms with Crippen molar-refractivity contribution < 1.29 is 9.53 Å². The smallest absolute Gasteiger partial charge is 0.233 e. The van der Waals surface area contributed by atoms with Gasteiger partial charge in [0.1, 0.15) is 0 Å². The summed E-state index contributed by atoms with van der Waals surface area (Å²) in [5, 5.41) is 6.68. The van der Waals surface area contributed by atoms with E-state index >= 15 is 0 Å². The number of hydrogen-bond donors (Lipinski definition) is 2. The molecule has 1 aliphatic rings. The summed E-state index contributed by atoms with van der Waals surface area (Å²) in [6, 6.07) is 0.100. The summed E-state index contributed by atoms with van der Waals surface area (Å²) in [6.07, 6.45) is 1.67. The van der Waals surface area contributed by atoms with Gasteiger partial charge in [-0.2, -0.15) is 0 Å². The normalized spacial score (nSPS) is 23.9. The van der Waals surface area contributed by atoms with Crippen LogP contribution >= 0.6 is 27.3 Å². The molecule has 0 radical (unpaired) electrons. The van der Waals surface area contributed by atoms with Crippen molar-refractivity contribution in [3.63, 3.8) is 0 Å². The third-order valence-corrected chi connectivity index (χ3v) is 3.98. The lowest BCUT2D eigenvalue weighted by atomic mass is 10.0. The predicted molar refractivity (Wildman–Crippen MR) is 70.2 cm³/mol. The Morgan fingerprint density at radius 1 is 1.71 bits per heavy atom. The first-order valence-electron chi connectivity index (χ1n) is 5.44. The van der Waals surface area contributed by atoms with E-state index in [9.17, 15) is 4.79 Å². The Hall–Kier alpha value is -0.500. The molecule has 2 N–H and O–H groups in total. The maximum atomic E-state index is 12.0. The summed E-state index contributed by atoms with van der Waals surface area (Å²) >= 11 is 4.71. The van der Waals surface area contributed by atoms with Gasteiger partial charge in [0.15, 0.2) is 5.13 Å². The molecular weight excluding hydrogens is 306 g/mol. The Kier molecular flexibility index (Phi) is 4.49. The number of nitrogens with zero attached hydrogens (tertiary/aromatic N) is 1. The number of carbonyl (C=O) groups excluding carboxylic acids is 1. The summed E-state index contributed by atoms with van der Waals surface area (Å²) in [5.41, 5.74) is 0. The molecule has 5 nitrogen and oxygen atoms in total. The molecule has 2 unspecified atom stereocenters. The molecular formula is C10H14BrN3O2S. The molecule has 1 aromatic rings. The van der Waals surface area contributed by atoms with Crippen molar-refractivity contribution in [1.82, 2.24) is 10.3 Å². The van der Waals surface area contributed by atoms with E-state index in [1.54, 1.807) is 6.20 Å². The molecule has 94 valence electrons. The van der Waals surface area contributed by atoms with Gasteiger partial charge in [0.05, 0.1) is 29.1 Å². The minimum atomic E-state index is -0.141. The first-order chi connectivity index (χ1) is 8.20. The molecule has 1 fully saturated rings. The lowest BCUT2D eigenvalue weighted by molar-refractivity contribution is -0.120. The van der Waals surface area contributed by atoms with Crippen molar-refractivity contribution in [3.8, 4) is 0 Å². The fraction of sp³-hybridized carbons (Fsp3) is 0.600. The molecule has 2 heterocycles. The molecule has 0 spiro atoms. The first-order valence-corrected chi connectivity index (χ1v) is 7.05. The largest absolute Gasteiger partial charge is 0.379 e. The van der Waals surface area contributed by atoms with Crippen LogP contribution in [-0.2, 0) is 9.53 Å². The number of anilines is 1. The van der Waals surface area contributed by atoms with Crippen LogP contribution in [0.3, 0.4) is 0 Å². The van der Waals surface area contributed by atoms with E-state index in [2.05, 4.69) is 31.5 Å². The Labute approximate surface area is 112 Å². The van der Waals surface area contributed by atoms with Crippen LogP contribution in [0.2, 0.25) is 0 Å². The van der Waals surface area contributed by atoms with Crippen molar-refractivity contribution in [1.29, 1.82) is 0 Å². The molecule has 1 amide bonds. The number of nitrogens with one attached hydrogen (secondary N) is 2. The predicted octanol–water partition coefficient (Wildman–Crippen LogP) is 1.47. The summed E-state index contributed by atoms with van der Waals surface area (Å²) in [7, 11) is 0. The summed E-state index contributed by atoms with van der Waals surface area (Å²) in [4.78, 5) is 16.1. The van der Waals surface area contributed by atoms with Crippen molar-refractivity contribution in [2.75, 3.05) is 25.1 Å². The first kappa shape index (κ1) is 12.9. The molecule has 17 heavy (non-hydrogen) atoms. The van der Waals surface area contributed by atoms with Gasteiger partial charge >= 0.3 is 0 Å². The van der Waals surface area contributed by atoms with Crippen LogP contribution < -0.4 is 10.6 Å². The molecule has 1 aliphatic heterocycles. The number of aromatic nitrogens is 1. The Balaban J connectivity index is 1.95. The molecule has 0 aliphatic carbocycles. The molecule has 1 aromatic heterocycles. The monoisotopic (exact) mass is 319 g/mol. The van der Waals surface area contributed by atoms with Gasteiger partial charge in [0.25, 0.3) is 0 Å². The zero-order valence-corrected chi connectivity index (χ0v) is 11.8. The van der Waals surface area contributed by atoms with E-state index in [4.69, 9.17) is 4.74 Å². The van der Waals surface area contributed by atoms with Gasteiger partial charge in [-0.05, 0) is 22.5 Å². The van der Waals surface area contributed by atoms with E-state index in [1.807, 2.05) is 6.92 Å². The topological polar surface area (TPSA) is 63.2 Å². The Bertz CT molecular complexity index is 399. The maximum Gasteiger partial charge on any atom is 0.233 e. The van der Waals surface area contributed by atoms with Gasteiger partial charge in [0, 0.05) is 6.04 Å². The van der Waals surface area contributed by atoms with Gasteiger partial charge in [-0.3, -0.25) is 4.79 Å². The molecule has 2 rings (SSSR count). The van der Waals surface area contributed by atoms with Crippen LogP contribution in [0.1, 0.15) is 6.92 Å². The average Bonchev–Trinajstić information content (AvgIpc) is 2.88. The SMILES string of the molecule is CCNC1COCC1C(=O)Nc1ncc(Br)s1. The van der Waals surface area contributed by atoms with Gasteiger partial charge in [-0.25, -0.2) is 4.98 Å². The van der Waals surface area contributed by atoms with Crippen molar-refractivity contribution >= 4 is 38.3 Å². The minimum Gasteiger partial charge on any atom is -0.379 e. The van der Waals surface area contributed by atoms with Crippen LogP contribution in [-0.4, -0.2) is 36.7 Å². The van der Waals surface area contributed by atoms with Crippen molar-refractivity contribution in [2.45, 2.75) is 13.0 Å². The van der Waals surface area contributed by atoms with Crippen LogP contribution in [0.25, 0.3) is 0 Å². The zero-order valence-electron chi connectivity index (χ0n) is 9.40. The third-order valence-electron chi connectivity index (χ3n) is 2.59. The summed E-state index contributed by atoms with van der Waals surface area (Å²) < 4.78 is 6.24. The fourth-order valence-electron chi connectivity index (χ4n) is 1.79. The number of ether oxygens (including phenoxy) is 1. The van der Waals surface area contributed by atoms with Gasteiger partial charge in [0.2, 0.25) is 5.91 Å². The van der Waals surface area contributed by atoms with E-state index in [-0.39, 0.29) is 17.9 Å². The highest BCUT2D eigenvalue weighted by molar-refractivity contribution is 9.11. The van der Waals surface area contributed by atoms with E-state index in [0.717, 1.165) is 10.3 Å². The third kappa shape index (κ3) is 3.25. The van der Waals surface area contributed by atoms with E-state index in [0.29, 0.717) is 18.3 Å². The number of likely N-dealkylation sites (N-methyl/N-ethyl adjacent to an activating group) is 1. The zero-order chi connectivity index (χ0) is 12.3. The quantitative estimate of drug-likeness (QED) is 0.882. The van der Waals surface area contributed by atoms with E-state index < -0.39 is 0 Å². The molecule has 0 saturated carbocycles. The van der Waals surface area contributed by atoms with Crippen molar-refractivity contribution in [2.24, 2.45) is 5.92 Å². The van der Waals surface area contributed by atoms with E-state index in [1.165, 1.54) is 11.3 Å². The Morgan fingerprint density at radius 3 is 3.18 bits per heavy atom. The number of thiazole rings is 1. The number of hydrogen-bond acceptors (Lipinski definition) is 5. The van der Waals surface area contributed by atoms with Crippen LogP contribution in [0.4, 0.5) is 5.13 Å². The molecule has 0 bridgehead atoms. The second kappa shape index (κ2) is 5.90.